The predicted molar refractivity (Wildman–Crippen MR) is 111 cm³/mol. The van der Waals surface area contributed by atoms with Gasteiger partial charge in [0.1, 0.15) is 5.82 Å². The Morgan fingerprint density at radius 1 is 1.04 bits per heavy atom. The largest absolute Gasteiger partial charge is 0.480 e. The molecule has 0 fully saturated rings. The molecule has 1 heterocycles. The van der Waals surface area contributed by atoms with E-state index >= 15 is 0 Å². The highest BCUT2D eigenvalue weighted by molar-refractivity contribution is 5.88. The van der Waals surface area contributed by atoms with Crippen LogP contribution in [0.1, 0.15) is 11.1 Å². The number of imidazole rings is 1. The van der Waals surface area contributed by atoms with Gasteiger partial charge in [-0.2, -0.15) is 0 Å². The van der Waals surface area contributed by atoms with Crippen LogP contribution < -0.4 is 5.32 Å². The monoisotopic (exact) mass is 371 g/mol. The van der Waals surface area contributed by atoms with E-state index in [9.17, 15) is 4.79 Å². The van der Waals surface area contributed by atoms with Gasteiger partial charge in [-0.05, 0) is 41.3 Å². The van der Waals surface area contributed by atoms with Crippen LogP contribution in [0, 0.1) is 6.92 Å². The number of carboxylic acid groups (broad SMARTS) is 1. The summed E-state index contributed by atoms with van der Waals surface area (Å²) in [5.41, 5.74) is 7.46. The summed E-state index contributed by atoms with van der Waals surface area (Å²) in [6.07, 6.45) is 0. The maximum absolute atomic E-state index is 10.7. The molecule has 0 unspecified atom stereocenters. The Balaban J connectivity index is 1.67. The fourth-order valence-electron chi connectivity index (χ4n) is 3.42. The average molecular weight is 371 g/mol. The topological polar surface area (TPSA) is 78.0 Å². The molecule has 0 aliphatic heterocycles. The molecule has 1 aromatic heterocycles. The van der Waals surface area contributed by atoms with E-state index in [1.54, 1.807) is 0 Å². The number of aromatic nitrogens is 2. The predicted octanol–water partition coefficient (Wildman–Crippen LogP) is 4.38. The van der Waals surface area contributed by atoms with E-state index in [0.29, 0.717) is 6.54 Å². The third-order valence-corrected chi connectivity index (χ3v) is 4.80. The van der Waals surface area contributed by atoms with Crippen LogP contribution in [-0.4, -0.2) is 27.6 Å². The van der Waals surface area contributed by atoms with Crippen molar-refractivity contribution in [3.63, 3.8) is 0 Å². The summed E-state index contributed by atoms with van der Waals surface area (Å²) in [5, 5.41) is 11.7. The second kappa shape index (κ2) is 7.66. The van der Waals surface area contributed by atoms with Crippen molar-refractivity contribution in [3.8, 4) is 22.5 Å². The minimum absolute atomic E-state index is 0.0592. The minimum Gasteiger partial charge on any atom is -0.480 e. The zero-order valence-corrected chi connectivity index (χ0v) is 15.6. The molecule has 0 saturated carbocycles. The van der Waals surface area contributed by atoms with E-state index in [1.807, 2.05) is 42.5 Å². The van der Waals surface area contributed by atoms with Crippen molar-refractivity contribution in [2.24, 2.45) is 0 Å². The molecule has 0 spiro atoms. The van der Waals surface area contributed by atoms with Gasteiger partial charge in [0, 0.05) is 12.1 Å². The number of fused-ring (bicyclic) bond motifs is 1. The van der Waals surface area contributed by atoms with Crippen molar-refractivity contribution in [2.75, 3.05) is 6.54 Å². The number of carbonyl (C=O) groups is 1. The summed E-state index contributed by atoms with van der Waals surface area (Å²) in [6, 6.07) is 22.5. The second-order valence-corrected chi connectivity index (χ2v) is 6.78. The van der Waals surface area contributed by atoms with Crippen molar-refractivity contribution in [3.05, 3.63) is 77.9 Å². The summed E-state index contributed by atoms with van der Waals surface area (Å²) in [5.74, 6) is -0.0541. The molecule has 4 aromatic rings. The fraction of sp³-hybridized carbons (Fsp3) is 0.130. The molecule has 3 N–H and O–H groups in total. The average Bonchev–Trinajstić information content (AvgIpc) is 3.14. The Morgan fingerprint density at radius 2 is 1.82 bits per heavy atom. The highest BCUT2D eigenvalue weighted by Gasteiger charge is 2.11. The first-order chi connectivity index (χ1) is 13.6. The summed E-state index contributed by atoms with van der Waals surface area (Å²) in [6.45, 7) is 2.54. The molecule has 4 rings (SSSR count). The standard InChI is InChI=1S/C23H21N3O2/c1-15-19(17-7-3-2-4-8-17)10-11-20-22(15)26-23(25-20)18-9-5-6-16(12-18)13-24-14-21(27)28/h2-12,24H,13-14H2,1H3,(H,25,26)(H,27,28). The van der Waals surface area contributed by atoms with Gasteiger partial charge in [-0.1, -0.05) is 54.6 Å². The summed E-state index contributed by atoms with van der Waals surface area (Å²) in [4.78, 5) is 18.9. The molecule has 0 saturated heterocycles. The molecule has 0 amide bonds. The van der Waals surface area contributed by atoms with Crippen molar-refractivity contribution in [1.29, 1.82) is 0 Å². The molecule has 5 heteroatoms. The third kappa shape index (κ3) is 3.66. The van der Waals surface area contributed by atoms with E-state index in [4.69, 9.17) is 10.1 Å². The number of hydrogen-bond donors (Lipinski definition) is 3. The SMILES string of the molecule is Cc1c(-c2ccccc2)ccc2[nH]c(-c3cccc(CNCC(=O)O)c3)nc12. The number of aromatic amines is 1. The quantitative estimate of drug-likeness (QED) is 0.470. The molecule has 0 bridgehead atoms. The van der Waals surface area contributed by atoms with Gasteiger partial charge in [-0.3, -0.25) is 4.79 Å². The number of aliphatic carboxylic acids is 1. The molecule has 140 valence electrons. The van der Waals surface area contributed by atoms with Crippen LogP contribution in [-0.2, 0) is 11.3 Å². The van der Waals surface area contributed by atoms with Gasteiger partial charge >= 0.3 is 5.97 Å². The van der Waals surface area contributed by atoms with Crippen LogP contribution in [0.2, 0.25) is 0 Å². The maximum Gasteiger partial charge on any atom is 0.317 e. The number of hydrogen-bond acceptors (Lipinski definition) is 3. The Hall–Kier alpha value is -3.44. The second-order valence-electron chi connectivity index (χ2n) is 6.78. The number of nitrogens with zero attached hydrogens (tertiary/aromatic N) is 1. The number of benzene rings is 3. The smallest absolute Gasteiger partial charge is 0.317 e. The fourth-order valence-corrected chi connectivity index (χ4v) is 3.42. The maximum atomic E-state index is 10.7. The van der Waals surface area contributed by atoms with E-state index in [1.165, 1.54) is 11.1 Å². The van der Waals surface area contributed by atoms with Crippen LogP contribution in [0.25, 0.3) is 33.5 Å². The van der Waals surface area contributed by atoms with Crippen molar-refractivity contribution >= 4 is 17.0 Å². The van der Waals surface area contributed by atoms with Crippen LogP contribution >= 0.6 is 0 Å². The van der Waals surface area contributed by atoms with Crippen molar-refractivity contribution in [1.82, 2.24) is 15.3 Å². The number of aryl methyl sites for hydroxylation is 1. The highest BCUT2D eigenvalue weighted by atomic mass is 16.4. The molecule has 28 heavy (non-hydrogen) atoms. The van der Waals surface area contributed by atoms with E-state index in [0.717, 1.165) is 33.5 Å². The lowest BCUT2D eigenvalue weighted by Crippen LogP contribution is -2.21. The van der Waals surface area contributed by atoms with Gasteiger partial charge in [0.25, 0.3) is 0 Å². The molecular formula is C23H21N3O2. The summed E-state index contributed by atoms with van der Waals surface area (Å²) >= 11 is 0. The number of carboxylic acids is 1. The van der Waals surface area contributed by atoms with E-state index < -0.39 is 5.97 Å². The molecular weight excluding hydrogens is 350 g/mol. The first-order valence-corrected chi connectivity index (χ1v) is 9.18. The third-order valence-electron chi connectivity index (χ3n) is 4.80. The first kappa shape index (κ1) is 17.9. The van der Waals surface area contributed by atoms with Crippen molar-refractivity contribution in [2.45, 2.75) is 13.5 Å². The van der Waals surface area contributed by atoms with Gasteiger partial charge in [0.15, 0.2) is 0 Å². The Morgan fingerprint density at radius 3 is 2.61 bits per heavy atom. The number of H-pyrrole nitrogens is 1. The zero-order chi connectivity index (χ0) is 19.5. The van der Waals surface area contributed by atoms with E-state index in [-0.39, 0.29) is 6.54 Å². The lowest BCUT2D eigenvalue weighted by atomic mass is 9.99. The molecule has 0 radical (unpaired) electrons. The van der Waals surface area contributed by atoms with Gasteiger partial charge in [0.05, 0.1) is 17.6 Å². The van der Waals surface area contributed by atoms with Gasteiger partial charge in [0.2, 0.25) is 0 Å². The summed E-state index contributed by atoms with van der Waals surface area (Å²) in [7, 11) is 0. The van der Waals surface area contributed by atoms with Crippen molar-refractivity contribution < 1.29 is 9.90 Å². The first-order valence-electron chi connectivity index (χ1n) is 9.18. The normalized spacial score (nSPS) is 11.0. The van der Waals surface area contributed by atoms with Crippen LogP contribution in [0.15, 0.2) is 66.7 Å². The van der Waals surface area contributed by atoms with Gasteiger partial charge in [-0.25, -0.2) is 4.98 Å². The van der Waals surface area contributed by atoms with Crippen LogP contribution in [0.5, 0.6) is 0 Å². The minimum atomic E-state index is -0.863. The zero-order valence-electron chi connectivity index (χ0n) is 15.6. The molecule has 0 aliphatic carbocycles. The number of rotatable bonds is 6. The summed E-state index contributed by atoms with van der Waals surface area (Å²) < 4.78 is 0. The van der Waals surface area contributed by atoms with Crippen LogP contribution in [0.3, 0.4) is 0 Å². The van der Waals surface area contributed by atoms with Crippen LogP contribution in [0.4, 0.5) is 0 Å². The highest BCUT2D eigenvalue weighted by Crippen LogP contribution is 2.30. The lowest BCUT2D eigenvalue weighted by Gasteiger charge is -2.06. The number of nitrogens with one attached hydrogen (secondary N) is 2. The van der Waals surface area contributed by atoms with E-state index in [2.05, 4.69) is 41.5 Å². The van der Waals surface area contributed by atoms with Gasteiger partial charge < -0.3 is 15.4 Å². The van der Waals surface area contributed by atoms with Gasteiger partial charge in [-0.15, -0.1) is 0 Å². The Labute approximate surface area is 163 Å². The Bertz CT molecular complexity index is 1130. The Kier molecular flexibility index (Phi) is 4.91. The molecule has 5 nitrogen and oxygen atoms in total. The lowest BCUT2D eigenvalue weighted by molar-refractivity contribution is -0.135. The molecule has 0 aliphatic rings. The molecule has 3 aromatic carbocycles. The molecule has 0 atom stereocenters.